The molecule has 5 rings (SSSR count). The number of benzene rings is 2. The van der Waals surface area contributed by atoms with Crippen molar-refractivity contribution in [2.75, 3.05) is 36.0 Å². The van der Waals surface area contributed by atoms with Crippen LogP contribution < -0.4 is 9.80 Å². The minimum atomic E-state index is -0.238. The van der Waals surface area contributed by atoms with E-state index in [4.69, 9.17) is 16.3 Å². The SMILES string of the molecule is O=C(Cc1ccc(Cl)cc1)C[C@@H]1CCCN(c2ccc(N3CCC4(CCCO4)CC3)cc2)C1=O. The highest BCUT2D eigenvalue weighted by atomic mass is 35.5. The molecule has 3 saturated heterocycles. The van der Waals surface area contributed by atoms with Gasteiger partial charge in [0.2, 0.25) is 5.91 Å². The number of carbonyl (C=O) groups excluding carboxylic acids is 2. The topological polar surface area (TPSA) is 49.9 Å². The van der Waals surface area contributed by atoms with Crippen LogP contribution in [0.3, 0.4) is 0 Å². The molecule has 2 aromatic rings. The molecule has 3 heterocycles. The first-order valence-electron chi connectivity index (χ1n) is 12.6. The van der Waals surface area contributed by atoms with Crippen molar-refractivity contribution in [3.8, 4) is 0 Å². The Morgan fingerprint density at radius 2 is 1.65 bits per heavy atom. The molecule has 0 aromatic heterocycles. The molecule has 6 heteroatoms. The molecule has 0 aliphatic carbocycles. The van der Waals surface area contributed by atoms with E-state index in [2.05, 4.69) is 29.2 Å². The fourth-order valence-corrected chi connectivity index (χ4v) is 5.86. The minimum Gasteiger partial charge on any atom is -0.375 e. The molecule has 1 spiro atoms. The molecule has 0 bridgehead atoms. The number of Topliss-reactive ketones (excluding diaryl/α,β-unsaturated/α-hetero) is 1. The second-order valence-electron chi connectivity index (χ2n) is 10.0. The summed E-state index contributed by atoms with van der Waals surface area (Å²) in [5.41, 5.74) is 3.19. The van der Waals surface area contributed by atoms with E-state index in [0.29, 0.717) is 24.4 Å². The van der Waals surface area contributed by atoms with Crippen molar-refractivity contribution >= 4 is 34.7 Å². The summed E-state index contributed by atoms with van der Waals surface area (Å²) < 4.78 is 6.05. The molecule has 3 aliphatic rings. The van der Waals surface area contributed by atoms with E-state index in [1.807, 2.05) is 17.0 Å². The average molecular weight is 481 g/mol. The van der Waals surface area contributed by atoms with Crippen LogP contribution in [-0.4, -0.2) is 43.5 Å². The van der Waals surface area contributed by atoms with E-state index in [9.17, 15) is 9.59 Å². The monoisotopic (exact) mass is 480 g/mol. The predicted molar refractivity (Wildman–Crippen MR) is 136 cm³/mol. The van der Waals surface area contributed by atoms with E-state index < -0.39 is 0 Å². The van der Waals surface area contributed by atoms with Crippen molar-refractivity contribution in [1.29, 1.82) is 0 Å². The Balaban J connectivity index is 1.18. The van der Waals surface area contributed by atoms with Crippen molar-refractivity contribution in [3.63, 3.8) is 0 Å². The van der Waals surface area contributed by atoms with E-state index in [0.717, 1.165) is 56.6 Å². The summed E-state index contributed by atoms with van der Waals surface area (Å²) in [6.45, 7) is 3.65. The van der Waals surface area contributed by atoms with Crippen LogP contribution in [0.4, 0.5) is 11.4 Å². The highest BCUT2D eigenvalue weighted by Gasteiger charge is 2.38. The van der Waals surface area contributed by atoms with Gasteiger partial charge in [0.25, 0.3) is 0 Å². The van der Waals surface area contributed by atoms with Crippen molar-refractivity contribution in [1.82, 2.24) is 0 Å². The molecular formula is C28H33ClN2O3. The largest absolute Gasteiger partial charge is 0.375 e. The number of hydrogen-bond donors (Lipinski definition) is 0. The lowest BCUT2D eigenvalue weighted by atomic mass is 9.88. The first-order chi connectivity index (χ1) is 16.5. The average Bonchev–Trinajstić information content (AvgIpc) is 3.30. The summed E-state index contributed by atoms with van der Waals surface area (Å²) in [6.07, 6.45) is 6.89. The maximum absolute atomic E-state index is 13.2. The van der Waals surface area contributed by atoms with Crippen LogP contribution in [-0.2, 0) is 20.7 Å². The minimum absolute atomic E-state index is 0.0711. The summed E-state index contributed by atoms with van der Waals surface area (Å²) in [5, 5.41) is 0.660. The summed E-state index contributed by atoms with van der Waals surface area (Å²) in [4.78, 5) is 30.2. The van der Waals surface area contributed by atoms with E-state index in [1.54, 1.807) is 12.1 Å². The lowest BCUT2D eigenvalue weighted by Crippen LogP contribution is -2.44. The lowest BCUT2D eigenvalue weighted by Gasteiger charge is -2.40. The van der Waals surface area contributed by atoms with Gasteiger partial charge in [0, 0.05) is 61.4 Å². The number of ketones is 1. The molecular weight excluding hydrogens is 448 g/mol. The van der Waals surface area contributed by atoms with Crippen molar-refractivity contribution in [2.45, 2.75) is 57.0 Å². The Morgan fingerprint density at radius 3 is 2.32 bits per heavy atom. The van der Waals surface area contributed by atoms with Crippen LogP contribution in [0.2, 0.25) is 5.02 Å². The predicted octanol–water partition coefficient (Wildman–Crippen LogP) is 5.43. The molecule has 180 valence electrons. The van der Waals surface area contributed by atoms with Gasteiger partial charge in [-0.1, -0.05) is 23.7 Å². The van der Waals surface area contributed by atoms with Crippen molar-refractivity contribution in [3.05, 3.63) is 59.1 Å². The van der Waals surface area contributed by atoms with Gasteiger partial charge in [-0.15, -0.1) is 0 Å². The van der Waals surface area contributed by atoms with E-state index >= 15 is 0 Å². The third kappa shape index (κ3) is 5.16. The number of halogens is 1. The van der Waals surface area contributed by atoms with Crippen LogP contribution in [0.5, 0.6) is 0 Å². The zero-order valence-electron chi connectivity index (χ0n) is 19.7. The van der Waals surface area contributed by atoms with Crippen LogP contribution in [0.15, 0.2) is 48.5 Å². The van der Waals surface area contributed by atoms with Gasteiger partial charge in [-0.25, -0.2) is 0 Å². The number of rotatable bonds is 6. The van der Waals surface area contributed by atoms with E-state index in [-0.39, 0.29) is 23.2 Å². The third-order valence-corrected chi connectivity index (χ3v) is 7.98. The zero-order chi connectivity index (χ0) is 23.5. The van der Waals surface area contributed by atoms with Gasteiger partial charge in [0.05, 0.1) is 5.60 Å². The summed E-state index contributed by atoms with van der Waals surface area (Å²) >= 11 is 5.93. The lowest BCUT2D eigenvalue weighted by molar-refractivity contribution is -0.128. The standard InChI is InChI=1S/C28H33ClN2O3/c29-23-6-4-21(5-7-23)19-26(32)20-22-3-1-15-31(27(22)33)25-10-8-24(9-11-25)30-16-13-28(14-17-30)12-2-18-34-28/h4-11,22H,1-3,12-20H2/t22-/m0/s1. The Hall–Kier alpha value is -2.37. The van der Waals surface area contributed by atoms with Crippen molar-refractivity contribution < 1.29 is 14.3 Å². The van der Waals surface area contributed by atoms with Crippen LogP contribution in [0.25, 0.3) is 0 Å². The summed E-state index contributed by atoms with van der Waals surface area (Å²) in [5.74, 6) is -0.0633. The zero-order valence-corrected chi connectivity index (χ0v) is 20.4. The molecule has 34 heavy (non-hydrogen) atoms. The molecule has 0 saturated carbocycles. The second kappa shape index (κ2) is 10.1. The number of piperidine rings is 2. The highest BCUT2D eigenvalue weighted by Crippen LogP contribution is 2.37. The fourth-order valence-electron chi connectivity index (χ4n) is 5.74. The Kier molecular flexibility index (Phi) is 6.94. The maximum atomic E-state index is 13.2. The van der Waals surface area contributed by atoms with Crippen molar-refractivity contribution in [2.24, 2.45) is 5.92 Å². The number of ether oxygens (including phenoxy) is 1. The third-order valence-electron chi connectivity index (χ3n) is 7.72. The number of nitrogens with zero attached hydrogens (tertiary/aromatic N) is 2. The fraction of sp³-hybridized carbons (Fsp3) is 0.500. The molecule has 3 fully saturated rings. The van der Waals surface area contributed by atoms with Gasteiger partial charge >= 0.3 is 0 Å². The Bertz CT molecular complexity index is 1000. The van der Waals surface area contributed by atoms with Gasteiger partial charge in [-0.2, -0.15) is 0 Å². The molecule has 3 aliphatic heterocycles. The quantitative estimate of drug-likeness (QED) is 0.552. The number of amides is 1. The normalized spacial score (nSPS) is 22.4. The van der Waals surface area contributed by atoms with Gasteiger partial charge in [0.1, 0.15) is 5.78 Å². The van der Waals surface area contributed by atoms with Gasteiger partial charge in [-0.3, -0.25) is 9.59 Å². The van der Waals surface area contributed by atoms with Gasteiger partial charge in [-0.05, 0) is 80.5 Å². The molecule has 1 atom stereocenters. The first-order valence-corrected chi connectivity index (χ1v) is 13.0. The Labute approximate surface area is 207 Å². The maximum Gasteiger partial charge on any atom is 0.230 e. The number of carbonyl (C=O) groups is 2. The molecule has 0 N–H and O–H groups in total. The highest BCUT2D eigenvalue weighted by molar-refractivity contribution is 6.30. The number of hydrogen-bond acceptors (Lipinski definition) is 4. The molecule has 2 aromatic carbocycles. The Morgan fingerprint density at radius 1 is 0.941 bits per heavy atom. The van der Waals surface area contributed by atoms with Crippen LogP contribution in [0, 0.1) is 5.92 Å². The molecule has 0 unspecified atom stereocenters. The molecule has 0 radical (unpaired) electrons. The number of anilines is 2. The smallest absolute Gasteiger partial charge is 0.230 e. The van der Waals surface area contributed by atoms with Gasteiger partial charge < -0.3 is 14.5 Å². The van der Waals surface area contributed by atoms with E-state index in [1.165, 1.54) is 18.5 Å². The molecule has 5 nitrogen and oxygen atoms in total. The molecule has 1 amide bonds. The van der Waals surface area contributed by atoms with Crippen LogP contribution in [0.1, 0.15) is 50.5 Å². The summed E-state index contributed by atoms with van der Waals surface area (Å²) in [6, 6.07) is 15.7. The first kappa shape index (κ1) is 23.4. The second-order valence-corrected chi connectivity index (χ2v) is 10.4. The van der Waals surface area contributed by atoms with Crippen LogP contribution >= 0.6 is 11.6 Å². The van der Waals surface area contributed by atoms with Gasteiger partial charge in [0.15, 0.2) is 0 Å². The summed E-state index contributed by atoms with van der Waals surface area (Å²) in [7, 11) is 0.